The van der Waals surface area contributed by atoms with Crippen LogP contribution in [0.1, 0.15) is 16.1 Å². The van der Waals surface area contributed by atoms with E-state index in [1.807, 2.05) is 0 Å². The minimum atomic E-state index is -3.80. The summed E-state index contributed by atoms with van der Waals surface area (Å²) in [6, 6.07) is 14.5. The number of primary sulfonamides is 1. The monoisotopic (exact) mass is 391 g/mol. The van der Waals surface area contributed by atoms with E-state index >= 15 is 0 Å². The molecule has 3 rings (SSSR count). The number of nitrogens with zero attached hydrogens (tertiary/aromatic N) is 1. The van der Waals surface area contributed by atoms with Crippen LogP contribution < -0.4 is 10.5 Å². The highest BCUT2D eigenvalue weighted by Crippen LogP contribution is 2.23. The van der Waals surface area contributed by atoms with Crippen LogP contribution in [0.15, 0.2) is 64.0 Å². The number of nitrogens with one attached hydrogen (secondary N) is 1. The van der Waals surface area contributed by atoms with Gasteiger partial charge in [-0.1, -0.05) is 41.0 Å². The topological polar surface area (TPSA) is 115 Å². The smallest absolute Gasteiger partial charge is 0.273 e. The Labute approximate surface area is 154 Å². The number of halogens is 1. The van der Waals surface area contributed by atoms with E-state index in [1.54, 1.807) is 36.4 Å². The molecule has 0 aliphatic heterocycles. The summed E-state index contributed by atoms with van der Waals surface area (Å²) in [4.78, 5) is 12.2. The molecule has 0 fully saturated rings. The van der Waals surface area contributed by atoms with E-state index in [1.165, 1.54) is 18.2 Å². The van der Waals surface area contributed by atoms with Gasteiger partial charge >= 0.3 is 0 Å². The van der Waals surface area contributed by atoms with Crippen LogP contribution in [-0.4, -0.2) is 19.5 Å². The standard InChI is InChI=1S/C17H14ClN3O4S/c18-13-5-2-4-12(8-13)16-9-15(21-25-16)17(22)20-10-11-3-1-6-14(7-11)26(19,23)24/h1-9H,10H2,(H,20,22)(H2,19,23,24). The van der Waals surface area contributed by atoms with Crippen LogP contribution in [0.2, 0.25) is 5.02 Å². The maximum Gasteiger partial charge on any atom is 0.273 e. The number of rotatable bonds is 5. The highest BCUT2D eigenvalue weighted by atomic mass is 35.5. The molecule has 0 radical (unpaired) electrons. The number of carbonyl (C=O) groups excluding carboxylic acids is 1. The van der Waals surface area contributed by atoms with Crippen molar-refractivity contribution in [1.82, 2.24) is 10.5 Å². The second-order valence-electron chi connectivity index (χ2n) is 5.46. The van der Waals surface area contributed by atoms with E-state index in [-0.39, 0.29) is 17.1 Å². The van der Waals surface area contributed by atoms with E-state index < -0.39 is 15.9 Å². The molecule has 0 bridgehead atoms. The van der Waals surface area contributed by atoms with Crippen LogP contribution in [0.3, 0.4) is 0 Å². The summed E-state index contributed by atoms with van der Waals surface area (Å²) in [5.41, 5.74) is 1.39. The molecule has 7 nitrogen and oxygen atoms in total. The van der Waals surface area contributed by atoms with Crippen LogP contribution >= 0.6 is 11.6 Å². The van der Waals surface area contributed by atoms with Gasteiger partial charge in [0.2, 0.25) is 10.0 Å². The number of aromatic nitrogens is 1. The lowest BCUT2D eigenvalue weighted by molar-refractivity contribution is 0.0942. The van der Waals surface area contributed by atoms with Crippen LogP contribution in [-0.2, 0) is 16.6 Å². The highest BCUT2D eigenvalue weighted by Gasteiger charge is 2.14. The number of hydrogen-bond acceptors (Lipinski definition) is 5. The van der Waals surface area contributed by atoms with Crippen molar-refractivity contribution in [2.45, 2.75) is 11.4 Å². The second kappa shape index (κ2) is 7.28. The fraction of sp³-hybridized carbons (Fsp3) is 0.0588. The van der Waals surface area contributed by atoms with Crippen molar-refractivity contribution in [2.24, 2.45) is 5.14 Å². The molecular weight excluding hydrogens is 378 g/mol. The molecule has 3 aromatic rings. The zero-order valence-electron chi connectivity index (χ0n) is 13.3. The number of amides is 1. The maximum atomic E-state index is 12.2. The lowest BCUT2D eigenvalue weighted by atomic mass is 10.1. The average molecular weight is 392 g/mol. The predicted octanol–water partition coefficient (Wildman–Crippen LogP) is 2.57. The van der Waals surface area contributed by atoms with Gasteiger partial charge in [-0.15, -0.1) is 0 Å². The van der Waals surface area contributed by atoms with Gasteiger partial charge in [-0.3, -0.25) is 4.79 Å². The first-order valence-electron chi connectivity index (χ1n) is 7.45. The molecule has 0 saturated carbocycles. The van der Waals surface area contributed by atoms with Gasteiger partial charge in [-0.25, -0.2) is 13.6 Å². The van der Waals surface area contributed by atoms with Crippen molar-refractivity contribution in [3.63, 3.8) is 0 Å². The first-order valence-corrected chi connectivity index (χ1v) is 9.38. The number of sulfonamides is 1. The van der Waals surface area contributed by atoms with Crippen LogP contribution in [0.4, 0.5) is 0 Å². The van der Waals surface area contributed by atoms with Crippen molar-refractivity contribution < 1.29 is 17.7 Å². The first kappa shape index (κ1) is 18.1. The highest BCUT2D eigenvalue weighted by molar-refractivity contribution is 7.89. The van der Waals surface area contributed by atoms with E-state index in [0.29, 0.717) is 21.9 Å². The summed E-state index contributed by atoms with van der Waals surface area (Å²) >= 11 is 5.93. The number of benzene rings is 2. The third kappa shape index (κ3) is 4.29. The molecule has 9 heteroatoms. The normalized spacial score (nSPS) is 11.3. The zero-order valence-corrected chi connectivity index (χ0v) is 14.9. The largest absolute Gasteiger partial charge is 0.355 e. The third-order valence-electron chi connectivity index (χ3n) is 3.53. The number of carbonyl (C=O) groups is 1. The summed E-state index contributed by atoms with van der Waals surface area (Å²) in [6.07, 6.45) is 0. The van der Waals surface area contributed by atoms with E-state index in [0.717, 1.165) is 0 Å². The third-order valence-corrected chi connectivity index (χ3v) is 4.68. The lowest BCUT2D eigenvalue weighted by Crippen LogP contribution is -2.23. The molecule has 134 valence electrons. The van der Waals surface area contributed by atoms with Gasteiger partial charge in [0.05, 0.1) is 4.90 Å². The van der Waals surface area contributed by atoms with Crippen LogP contribution in [0.25, 0.3) is 11.3 Å². The number of hydrogen-bond donors (Lipinski definition) is 2. The predicted molar refractivity (Wildman–Crippen MR) is 95.9 cm³/mol. The number of nitrogens with two attached hydrogens (primary N) is 1. The van der Waals surface area contributed by atoms with Crippen molar-refractivity contribution in [3.05, 3.63) is 70.9 Å². The Balaban J connectivity index is 1.70. The average Bonchev–Trinajstić information content (AvgIpc) is 3.09. The Hall–Kier alpha value is -2.68. The molecule has 0 unspecified atom stereocenters. The van der Waals surface area contributed by atoms with Crippen LogP contribution in [0, 0.1) is 0 Å². The first-order chi connectivity index (χ1) is 12.3. The van der Waals surface area contributed by atoms with E-state index in [9.17, 15) is 13.2 Å². The van der Waals surface area contributed by atoms with Gasteiger partial charge in [-0.05, 0) is 29.8 Å². The van der Waals surface area contributed by atoms with Crippen molar-refractivity contribution in [1.29, 1.82) is 0 Å². The molecular formula is C17H14ClN3O4S. The molecule has 0 aliphatic carbocycles. The fourth-order valence-electron chi connectivity index (χ4n) is 2.27. The molecule has 0 atom stereocenters. The van der Waals surface area contributed by atoms with Gasteiger partial charge in [0.25, 0.3) is 5.91 Å². The molecule has 0 saturated heterocycles. The molecule has 26 heavy (non-hydrogen) atoms. The molecule has 1 aromatic heterocycles. The van der Waals surface area contributed by atoms with Gasteiger partial charge in [0.15, 0.2) is 11.5 Å². The minimum absolute atomic E-state index is 0.0195. The summed E-state index contributed by atoms with van der Waals surface area (Å²) in [5.74, 6) is -0.0445. The molecule has 2 aromatic carbocycles. The molecule has 1 amide bonds. The second-order valence-corrected chi connectivity index (χ2v) is 7.46. The fourth-order valence-corrected chi connectivity index (χ4v) is 3.04. The van der Waals surface area contributed by atoms with Gasteiger partial charge in [0.1, 0.15) is 0 Å². The van der Waals surface area contributed by atoms with Crippen LogP contribution in [0.5, 0.6) is 0 Å². The SMILES string of the molecule is NS(=O)(=O)c1cccc(CNC(=O)c2cc(-c3cccc(Cl)c3)on2)c1. The Bertz CT molecular complexity index is 1060. The summed E-state index contributed by atoms with van der Waals surface area (Å²) in [5, 5.41) is 12.0. The van der Waals surface area contributed by atoms with Gasteiger partial charge in [0, 0.05) is 23.2 Å². The summed E-state index contributed by atoms with van der Waals surface area (Å²) in [7, 11) is -3.80. The summed E-state index contributed by atoms with van der Waals surface area (Å²) in [6.45, 7) is 0.113. The Morgan fingerprint density at radius 1 is 1.15 bits per heavy atom. The summed E-state index contributed by atoms with van der Waals surface area (Å²) < 4.78 is 27.9. The van der Waals surface area contributed by atoms with Crippen molar-refractivity contribution in [2.75, 3.05) is 0 Å². The molecule has 3 N–H and O–H groups in total. The quantitative estimate of drug-likeness (QED) is 0.693. The van der Waals surface area contributed by atoms with Crippen molar-refractivity contribution >= 4 is 27.5 Å². The Kier molecular flexibility index (Phi) is 5.08. The van der Waals surface area contributed by atoms with E-state index in [4.69, 9.17) is 21.3 Å². The van der Waals surface area contributed by atoms with Gasteiger partial charge < -0.3 is 9.84 Å². The van der Waals surface area contributed by atoms with Gasteiger partial charge in [-0.2, -0.15) is 0 Å². The lowest BCUT2D eigenvalue weighted by Gasteiger charge is -2.05. The molecule has 1 heterocycles. The maximum absolute atomic E-state index is 12.2. The molecule has 0 spiro atoms. The van der Waals surface area contributed by atoms with Crippen molar-refractivity contribution in [3.8, 4) is 11.3 Å². The Morgan fingerprint density at radius 3 is 2.65 bits per heavy atom. The Morgan fingerprint density at radius 2 is 1.92 bits per heavy atom. The zero-order chi connectivity index (χ0) is 18.7. The molecule has 0 aliphatic rings. The van der Waals surface area contributed by atoms with E-state index in [2.05, 4.69) is 10.5 Å². The minimum Gasteiger partial charge on any atom is -0.355 e.